The first-order valence-corrected chi connectivity index (χ1v) is 10.3. The number of H-pyrrole nitrogens is 1. The molecule has 1 aromatic carbocycles. The molecule has 0 aliphatic carbocycles. The highest BCUT2D eigenvalue weighted by Gasteiger charge is 2.24. The molecule has 0 radical (unpaired) electrons. The summed E-state index contributed by atoms with van der Waals surface area (Å²) in [5.41, 5.74) is 1.74. The summed E-state index contributed by atoms with van der Waals surface area (Å²) in [7, 11) is 0. The number of rotatable bonds is 5. The number of piperazine rings is 1. The molecular weight excluding hydrogens is 396 g/mol. The number of nitrogens with zero attached hydrogens (tertiary/aromatic N) is 5. The fourth-order valence-electron chi connectivity index (χ4n) is 3.13. The van der Waals surface area contributed by atoms with Crippen molar-refractivity contribution in [2.75, 3.05) is 31.1 Å². The van der Waals surface area contributed by atoms with Crippen LogP contribution in [0.15, 0.2) is 54.1 Å². The lowest BCUT2D eigenvalue weighted by molar-refractivity contribution is 0.0745. The molecule has 1 aliphatic rings. The number of aromatic nitrogens is 4. The maximum Gasteiger partial charge on any atom is 0.254 e. The number of halogens is 1. The van der Waals surface area contributed by atoms with E-state index in [2.05, 4.69) is 25.1 Å². The van der Waals surface area contributed by atoms with E-state index in [1.807, 2.05) is 41.3 Å². The summed E-state index contributed by atoms with van der Waals surface area (Å²) < 4.78 is 0. The van der Waals surface area contributed by atoms with E-state index < -0.39 is 0 Å². The second-order valence-corrected chi connectivity index (χ2v) is 7.75. The molecule has 0 atom stereocenters. The first-order chi connectivity index (χ1) is 13.7. The van der Waals surface area contributed by atoms with Crippen molar-refractivity contribution >= 4 is 35.1 Å². The first-order valence-electron chi connectivity index (χ1n) is 8.92. The summed E-state index contributed by atoms with van der Waals surface area (Å²) in [6, 6.07) is 11.5. The fraction of sp³-hybridized carbons (Fsp3) is 0.263. The Morgan fingerprint density at radius 1 is 1.11 bits per heavy atom. The van der Waals surface area contributed by atoms with Gasteiger partial charge in [0.2, 0.25) is 0 Å². The van der Waals surface area contributed by atoms with E-state index in [1.165, 1.54) is 18.1 Å². The summed E-state index contributed by atoms with van der Waals surface area (Å²) in [6.45, 7) is 2.81. The lowest BCUT2D eigenvalue weighted by Gasteiger charge is -2.35. The molecule has 3 aromatic rings. The van der Waals surface area contributed by atoms with Gasteiger partial charge < -0.3 is 9.80 Å². The van der Waals surface area contributed by atoms with Crippen molar-refractivity contribution in [3.05, 3.63) is 65.1 Å². The number of amides is 1. The van der Waals surface area contributed by atoms with E-state index in [1.54, 1.807) is 6.20 Å². The normalized spacial score (nSPS) is 14.3. The van der Waals surface area contributed by atoms with E-state index in [0.717, 1.165) is 35.2 Å². The average Bonchev–Trinajstić information content (AvgIpc) is 3.26. The number of anilines is 1. The quantitative estimate of drug-likeness (QED) is 0.646. The van der Waals surface area contributed by atoms with Gasteiger partial charge in [-0.1, -0.05) is 41.6 Å². The molecule has 0 bridgehead atoms. The number of carbonyl (C=O) groups is 1. The van der Waals surface area contributed by atoms with Gasteiger partial charge in [-0.05, 0) is 23.8 Å². The molecule has 1 N–H and O–H groups in total. The molecule has 4 rings (SSSR count). The van der Waals surface area contributed by atoms with Crippen LogP contribution in [0.25, 0.3) is 0 Å². The highest BCUT2D eigenvalue weighted by molar-refractivity contribution is 7.98. The molecule has 1 saturated heterocycles. The van der Waals surface area contributed by atoms with Crippen LogP contribution in [-0.2, 0) is 5.75 Å². The average molecular weight is 415 g/mol. The van der Waals surface area contributed by atoms with Gasteiger partial charge in [-0.3, -0.25) is 9.89 Å². The third-order valence-electron chi connectivity index (χ3n) is 4.61. The minimum atomic E-state index is 0.0671. The van der Waals surface area contributed by atoms with Crippen molar-refractivity contribution in [2.24, 2.45) is 0 Å². The van der Waals surface area contributed by atoms with Crippen LogP contribution in [0.1, 0.15) is 15.9 Å². The zero-order valence-electron chi connectivity index (χ0n) is 15.1. The van der Waals surface area contributed by atoms with Crippen LogP contribution >= 0.6 is 23.4 Å². The van der Waals surface area contributed by atoms with Crippen molar-refractivity contribution in [1.29, 1.82) is 0 Å². The largest absolute Gasteiger partial charge is 0.353 e. The number of thioether (sulfide) groups is 1. The predicted molar refractivity (Wildman–Crippen MR) is 110 cm³/mol. The molecule has 144 valence electrons. The van der Waals surface area contributed by atoms with Crippen LogP contribution in [0, 0.1) is 0 Å². The number of aromatic amines is 1. The third-order valence-corrected chi connectivity index (χ3v) is 5.76. The molecule has 28 heavy (non-hydrogen) atoms. The lowest BCUT2D eigenvalue weighted by Crippen LogP contribution is -2.49. The zero-order chi connectivity index (χ0) is 19.3. The molecule has 1 fully saturated rings. The van der Waals surface area contributed by atoms with Crippen molar-refractivity contribution in [3.8, 4) is 0 Å². The lowest BCUT2D eigenvalue weighted by atomic mass is 10.1. The summed E-state index contributed by atoms with van der Waals surface area (Å²) >= 11 is 7.44. The molecule has 7 nitrogen and oxygen atoms in total. The Morgan fingerprint density at radius 2 is 1.93 bits per heavy atom. The molecule has 0 saturated carbocycles. The topological polar surface area (TPSA) is 78.0 Å². The Bertz CT molecular complexity index is 926. The van der Waals surface area contributed by atoms with Gasteiger partial charge in [0.15, 0.2) is 5.16 Å². The van der Waals surface area contributed by atoms with Gasteiger partial charge in [0.05, 0.1) is 5.02 Å². The highest BCUT2D eigenvalue weighted by Crippen LogP contribution is 2.23. The molecular formula is C19H19ClN6OS. The Hall–Kier alpha value is -2.58. The Labute approximate surface area is 172 Å². The standard InChI is InChI=1S/C19H19ClN6OS/c20-15-5-6-17(21-11-15)25-7-9-26(10-8-25)18(27)16-4-2-1-3-14(16)12-28-19-22-13-23-24-19/h1-6,11,13H,7-10,12H2,(H,22,23,24). The summed E-state index contributed by atoms with van der Waals surface area (Å²) in [6.07, 6.45) is 3.13. The maximum atomic E-state index is 13.1. The second kappa shape index (κ2) is 8.62. The van der Waals surface area contributed by atoms with E-state index in [0.29, 0.717) is 23.9 Å². The van der Waals surface area contributed by atoms with E-state index in [-0.39, 0.29) is 5.91 Å². The molecule has 2 aromatic heterocycles. The molecule has 1 amide bonds. The number of benzene rings is 1. The summed E-state index contributed by atoms with van der Waals surface area (Å²) in [4.78, 5) is 25.7. The van der Waals surface area contributed by atoms with E-state index in [9.17, 15) is 4.79 Å². The first kappa shape index (κ1) is 18.8. The fourth-order valence-corrected chi connectivity index (χ4v) is 4.02. The monoisotopic (exact) mass is 414 g/mol. The smallest absolute Gasteiger partial charge is 0.254 e. The van der Waals surface area contributed by atoms with Gasteiger partial charge in [-0.15, -0.1) is 0 Å². The molecule has 1 aliphatic heterocycles. The number of nitrogens with one attached hydrogen (secondary N) is 1. The van der Waals surface area contributed by atoms with E-state index >= 15 is 0 Å². The zero-order valence-corrected chi connectivity index (χ0v) is 16.7. The van der Waals surface area contributed by atoms with Crippen LogP contribution in [0.3, 0.4) is 0 Å². The van der Waals surface area contributed by atoms with Crippen LogP contribution in [0.2, 0.25) is 5.02 Å². The van der Waals surface area contributed by atoms with Crippen molar-refractivity contribution < 1.29 is 4.79 Å². The number of carbonyl (C=O) groups excluding carboxylic acids is 1. The van der Waals surface area contributed by atoms with Gasteiger partial charge in [0.25, 0.3) is 5.91 Å². The Balaban J connectivity index is 1.40. The minimum Gasteiger partial charge on any atom is -0.353 e. The molecule has 0 unspecified atom stereocenters. The van der Waals surface area contributed by atoms with Gasteiger partial charge in [-0.25, -0.2) is 9.97 Å². The molecule has 3 heterocycles. The number of pyridine rings is 1. The van der Waals surface area contributed by atoms with Gasteiger partial charge >= 0.3 is 0 Å². The SMILES string of the molecule is O=C(c1ccccc1CSc1ncn[nH]1)N1CCN(c2ccc(Cl)cn2)CC1. The maximum absolute atomic E-state index is 13.1. The van der Waals surface area contributed by atoms with Gasteiger partial charge in [0, 0.05) is 43.7 Å². The van der Waals surface area contributed by atoms with Crippen molar-refractivity contribution in [2.45, 2.75) is 10.9 Å². The second-order valence-electron chi connectivity index (χ2n) is 6.35. The Morgan fingerprint density at radius 3 is 2.64 bits per heavy atom. The Kier molecular flexibility index (Phi) is 5.78. The predicted octanol–water partition coefficient (Wildman–Crippen LogP) is 3.11. The summed E-state index contributed by atoms with van der Waals surface area (Å²) in [5, 5.41) is 8.05. The van der Waals surface area contributed by atoms with Crippen LogP contribution in [0.4, 0.5) is 5.82 Å². The van der Waals surface area contributed by atoms with Gasteiger partial charge in [0.1, 0.15) is 12.1 Å². The minimum absolute atomic E-state index is 0.0671. The molecule has 9 heteroatoms. The number of hydrogen-bond donors (Lipinski definition) is 1. The molecule has 0 spiro atoms. The third kappa shape index (κ3) is 4.28. The van der Waals surface area contributed by atoms with Crippen LogP contribution < -0.4 is 4.90 Å². The van der Waals surface area contributed by atoms with Gasteiger partial charge in [-0.2, -0.15) is 5.10 Å². The van der Waals surface area contributed by atoms with Crippen LogP contribution in [-0.4, -0.2) is 57.2 Å². The summed E-state index contributed by atoms with van der Waals surface area (Å²) in [5.74, 6) is 1.61. The van der Waals surface area contributed by atoms with Crippen LogP contribution in [0.5, 0.6) is 0 Å². The number of hydrogen-bond acceptors (Lipinski definition) is 6. The van der Waals surface area contributed by atoms with Crippen molar-refractivity contribution in [3.63, 3.8) is 0 Å². The highest BCUT2D eigenvalue weighted by atomic mass is 35.5. The van der Waals surface area contributed by atoms with E-state index in [4.69, 9.17) is 11.6 Å². The van der Waals surface area contributed by atoms with Crippen molar-refractivity contribution in [1.82, 2.24) is 25.1 Å².